The molecule has 0 bridgehead atoms. The zero-order valence-electron chi connectivity index (χ0n) is 4.97. The van der Waals surface area contributed by atoms with E-state index in [1.54, 1.807) is 0 Å². The maximum absolute atomic E-state index is 5.60. The molecule has 0 aromatic carbocycles. The number of rotatable bonds is 0. The van der Waals surface area contributed by atoms with Crippen LogP contribution in [0.3, 0.4) is 0 Å². The topological polar surface area (TPSA) is 52.0 Å². The van der Waals surface area contributed by atoms with Gasteiger partial charge in [-0.25, -0.2) is 0 Å². The predicted molar refractivity (Wildman–Crippen MR) is 41.9 cm³/mol. The van der Waals surface area contributed by atoms with E-state index in [0.717, 1.165) is 16.6 Å². The second-order valence-electron chi connectivity index (χ2n) is 2.09. The minimum atomic E-state index is 0.00405. The van der Waals surface area contributed by atoms with Gasteiger partial charge in [-0.05, 0) is 17.0 Å². The molecule has 3 heteroatoms. The van der Waals surface area contributed by atoms with Gasteiger partial charge in [-0.1, -0.05) is 22.0 Å². The van der Waals surface area contributed by atoms with Crippen LogP contribution in [0.15, 0.2) is 22.3 Å². The normalized spacial score (nSPS) is 27.1. The Hall–Kier alpha value is -0.280. The first-order valence-electron chi connectivity index (χ1n) is 2.77. The van der Waals surface area contributed by atoms with Crippen LogP contribution < -0.4 is 11.5 Å². The van der Waals surface area contributed by atoms with Gasteiger partial charge in [0.05, 0.1) is 0 Å². The zero-order valence-corrected chi connectivity index (χ0v) is 6.56. The summed E-state index contributed by atoms with van der Waals surface area (Å²) in [6.07, 6.45) is 4.58. The van der Waals surface area contributed by atoms with Crippen LogP contribution in [-0.4, -0.2) is 6.04 Å². The Morgan fingerprint density at radius 3 is 2.67 bits per heavy atom. The highest BCUT2D eigenvalue weighted by atomic mass is 79.9. The average molecular weight is 189 g/mol. The molecule has 0 radical (unpaired) electrons. The molecule has 50 valence electrons. The lowest BCUT2D eigenvalue weighted by atomic mass is 10.1. The van der Waals surface area contributed by atoms with Crippen LogP contribution in [0.5, 0.6) is 0 Å². The lowest BCUT2D eigenvalue weighted by Gasteiger charge is -2.14. The molecule has 0 aromatic rings. The monoisotopic (exact) mass is 188 g/mol. The van der Waals surface area contributed by atoms with Crippen molar-refractivity contribution in [1.82, 2.24) is 0 Å². The van der Waals surface area contributed by atoms with Crippen molar-refractivity contribution < 1.29 is 0 Å². The smallest absolute Gasteiger partial charge is 0.0488 e. The largest absolute Gasteiger partial charge is 0.401 e. The summed E-state index contributed by atoms with van der Waals surface area (Å²) < 4.78 is 1.12. The quantitative estimate of drug-likeness (QED) is 0.593. The van der Waals surface area contributed by atoms with Gasteiger partial charge in [-0.15, -0.1) is 0 Å². The molecule has 0 saturated heterocycles. The Balaban J connectivity index is 2.74. The third kappa shape index (κ3) is 1.56. The lowest BCUT2D eigenvalue weighted by Crippen LogP contribution is -2.28. The summed E-state index contributed by atoms with van der Waals surface area (Å²) in [7, 11) is 0. The molecule has 4 N–H and O–H groups in total. The zero-order chi connectivity index (χ0) is 6.85. The SMILES string of the molecule is NC1=CC=C(Br)CC1N. The molecule has 0 fully saturated rings. The van der Waals surface area contributed by atoms with Crippen molar-refractivity contribution in [1.29, 1.82) is 0 Å². The highest BCUT2D eigenvalue weighted by Crippen LogP contribution is 2.18. The van der Waals surface area contributed by atoms with Gasteiger partial charge in [0.15, 0.2) is 0 Å². The predicted octanol–water partition coefficient (Wildman–Crippen LogP) is 0.839. The summed E-state index contributed by atoms with van der Waals surface area (Å²) in [6, 6.07) is 0.00405. The molecular formula is C6H9BrN2. The number of hydrogen-bond acceptors (Lipinski definition) is 2. The molecular weight excluding hydrogens is 180 g/mol. The molecule has 0 aromatic heterocycles. The molecule has 1 aliphatic carbocycles. The van der Waals surface area contributed by atoms with E-state index in [1.165, 1.54) is 0 Å². The van der Waals surface area contributed by atoms with Crippen molar-refractivity contribution in [2.75, 3.05) is 0 Å². The first-order chi connectivity index (χ1) is 4.20. The first kappa shape index (κ1) is 6.83. The van der Waals surface area contributed by atoms with Crippen LogP contribution in [0.1, 0.15) is 6.42 Å². The Morgan fingerprint density at radius 2 is 2.22 bits per heavy atom. The van der Waals surface area contributed by atoms with Crippen molar-refractivity contribution in [2.24, 2.45) is 11.5 Å². The average Bonchev–Trinajstić information content (AvgIpc) is 1.80. The highest BCUT2D eigenvalue weighted by molar-refractivity contribution is 9.11. The van der Waals surface area contributed by atoms with Gasteiger partial charge in [0.25, 0.3) is 0 Å². The van der Waals surface area contributed by atoms with Crippen LogP contribution in [0.25, 0.3) is 0 Å². The Kier molecular flexibility index (Phi) is 1.93. The van der Waals surface area contributed by atoms with Crippen molar-refractivity contribution >= 4 is 15.9 Å². The van der Waals surface area contributed by atoms with Gasteiger partial charge in [-0.2, -0.15) is 0 Å². The van der Waals surface area contributed by atoms with Crippen LogP contribution in [-0.2, 0) is 0 Å². The number of allylic oxidation sites excluding steroid dienone is 2. The maximum Gasteiger partial charge on any atom is 0.0488 e. The van der Waals surface area contributed by atoms with Gasteiger partial charge >= 0.3 is 0 Å². The second-order valence-corrected chi connectivity index (χ2v) is 3.11. The van der Waals surface area contributed by atoms with Crippen molar-refractivity contribution in [3.05, 3.63) is 22.3 Å². The molecule has 0 heterocycles. The molecule has 0 spiro atoms. The van der Waals surface area contributed by atoms with Crippen LogP contribution >= 0.6 is 15.9 Å². The molecule has 1 rings (SSSR count). The van der Waals surface area contributed by atoms with E-state index >= 15 is 0 Å². The summed E-state index contributed by atoms with van der Waals surface area (Å²) >= 11 is 3.34. The summed E-state index contributed by atoms with van der Waals surface area (Å²) in [5.41, 5.74) is 11.9. The van der Waals surface area contributed by atoms with E-state index in [2.05, 4.69) is 15.9 Å². The van der Waals surface area contributed by atoms with Crippen molar-refractivity contribution in [3.8, 4) is 0 Å². The van der Waals surface area contributed by atoms with Crippen molar-refractivity contribution in [2.45, 2.75) is 12.5 Å². The summed E-state index contributed by atoms with van der Waals surface area (Å²) in [6.45, 7) is 0. The van der Waals surface area contributed by atoms with E-state index < -0.39 is 0 Å². The standard InChI is InChI=1S/C6H9BrN2/c7-4-1-2-5(8)6(9)3-4/h1-2,6H,3,8-9H2. The summed E-state index contributed by atoms with van der Waals surface area (Å²) in [5.74, 6) is 0. The maximum atomic E-state index is 5.60. The fourth-order valence-electron chi connectivity index (χ4n) is 0.706. The van der Waals surface area contributed by atoms with Crippen LogP contribution in [0.4, 0.5) is 0 Å². The molecule has 0 aliphatic heterocycles. The molecule has 0 saturated carbocycles. The van der Waals surface area contributed by atoms with Gasteiger partial charge in [0, 0.05) is 11.7 Å². The highest BCUT2D eigenvalue weighted by Gasteiger charge is 2.09. The first-order valence-corrected chi connectivity index (χ1v) is 3.57. The van der Waals surface area contributed by atoms with Gasteiger partial charge in [0.2, 0.25) is 0 Å². The molecule has 1 atom stereocenters. The fraction of sp³-hybridized carbons (Fsp3) is 0.333. The third-order valence-electron chi connectivity index (χ3n) is 1.30. The van der Waals surface area contributed by atoms with E-state index in [1.807, 2.05) is 12.2 Å². The second kappa shape index (κ2) is 2.54. The van der Waals surface area contributed by atoms with Gasteiger partial charge in [-0.3, -0.25) is 0 Å². The van der Waals surface area contributed by atoms with E-state index in [9.17, 15) is 0 Å². The lowest BCUT2D eigenvalue weighted by molar-refractivity contribution is 0.759. The summed E-state index contributed by atoms with van der Waals surface area (Å²) in [5, 5.41) is 0. The molecule has 0 amide bonds. The Bertz CT molecular complexity index is 172. The molecule has 1 aliphatic rings. The van der Waals surface area contributed by atoms with E-state index in [-0.39, 0.29) is 6.04 Å². The van der Waals surface area contributed by atoms with Crippen LogP contribution in [0, 0.1) is 0 Å². The number of nitrogens with two attached hydrogens (primary N) is 2. The fourth-order valence-corrected chi connectivity index (χ4v) is 1.19. The van der Waals surface area contributed by atoms with Gasteiger partial charge < -0.3 is 11.5 Å². The number of hydrogen-bond donors (Lipinski definition) is 2. The minimum Gasteiger partial charge on any atom is -0.401 e. The summed E-state index contributed by atoms with van der Waals surface area (Å²) in [4.78, 5) is 0. The van der Waals surface area contributed by atoms with E-state index in [0.29, 0.717) is 0 Å². The number of halogens is 1. The Labute approximate surface area is 62.7 Å². The van der Waals surface area contributed by atoms with Crippen LogP contribution in [0.2, 0.25) is 0 Å². The van der Waals surface area contributed by atoms with Gasteiger partial charge in [0.1, 0.15) is 0 Å². The van der Waals surface area contributed by atoms with E-state index in [4.69, 9.17) is 11.5 Å². The minimum absolute atomic E-state index is 0.00405. The molecule has 1 unspecified atom stereocenters. The molecule has 2 nitrogen and oxygen atoms in total. The third-order valence-corrected chi connectivity index (χ3v) is 1.89. The van der Waals surface area contributed by atoms with Crippen molar-refractivity contribution in [3.63, 3.8) is 0 Å². The molecule has 9 heavy (non-hydrogen) atoms. The Morgan fingerprint density at radius 1 is 1.56 bits per heavy atom.